The van der Waals surface area contributed by atoms with Crippen LogP contribution in [0, 0.1) is 5.41 Å². The average Bonchev–Trinajstić information content (AvgIpc) is 2.11. The normalized spacial score (nSPS) is 24.4. The summed E-state index contributed by atoms with van der Waals surface area (Å²) < 4.78 is 5.67. The first-order chi connectivity index (χ1) is 7.21. The molecule has 0 saturated carbocycles. The summed E-state index contributed by atoms with van der Waals surface area (Å²) in [4.78, 5) is 2.39. The lowest BCUT2D eigenvalue weighted by Crippen LogP contribution is -2.49. The van der Waals surface area contributed by atoms with Gasteiger partial charge in [0.1, 0.15) is 0 Å². The van der Waals surface area contributed by atoms with Crippen molar-refractivity contribution in [2.45, 2.75) is 52.7 Å². The summed E-state index contributed by atoms with van der Waals surface area (Å²) >= 11 is 0. The number of morpholine rings is 1. The molecule has 1 N–H and O–H groups in total. The first-order valence-corrected chi connectivity index (χ1v) is 6.25. The highest BCUT2D eigenvalue weighted by molar-refractivity contribution is 4.81. The van der Waals surface area contributed by atoms with Crippen molar-refractivity contribution in [3.8, 4) is 0 Å². The lowest BCUT2D eigenvalue weighted by Gasteiger charge is -2.39. The Morgan fingerprint density at radius 2 is 2.00 bits per heavy atom. The molecule has 1 saturated heterocycles. The van der Waals surface area contributed by atoms with Crippen LogP contribution in [-0.4, -0.2) is 48.0 Å². The van der Waals surface area contributed by atoms with Gasteiger partial charge in [-0.25, -0.2) is 0 Å². The fourth-order valence-corrected chi connectivity index (χ4v) is 2.04. The molecule has 0 amide bonds. The van der Waals surface area contributed by atoms with Crippen molar-refractivity contribution < 1.29 is 9.84 Å². The second-order valence-corrected chi connectivity index (χ2v) is 6.55. The van der Waals surface area contributed by atoms with Crippen LogP contribution in [0.15, 0.2) is 0 Å². The van der Waals surface area contributed by atoms with E-state index in [1.807, 2.05) is 0 Å². The third-order valence-electron chi connectivity index (χ3n) is 3.22. The second-order valence-electron chi connectivity index (χ2n) is 6.55. The van der Waals surface area contributed by atoms with E-state index in [9.17, 15) is 5.11 Å². The lowest BCUT2D eigenvalue weighted by atomic mass is 9.87. The molecular formula is C13H27NO2. The van der Waals surface area contributed by atoms with E-state index >= 15 is 0 Å². The minimum atomic E-state index is -0.224. The van der Waals surface area contributed by atoms with E-state index in [1.165, 1.54) is 0 Å². The van der Waals surface area contributed by atoms with Gasteiger partial charge in [0, 0.05) is 19.6 Å². The zero-order valence-electron chi connectivity index (χ0n) is 11.4. The van der Waals surface area contributed by atoms with E-state index in [0.717, 1.165) is 32.7 Å². The molecule has 96 valence electrons. The highest BCUT2D eigenvalue weighted by atomic mass is 16.5. The molecule has 16 heavy (non-hydrogen) atoms. The van der Waals surface area contributed by atoms with Crippen LogP contribution in [0.25, 0.3) is 0 Å². The highest BCUT2D eigenvalue weighted by Gasteiger charge is 2.28. The summed E-state index contributed by atoms with van der Waals surface area (Å²) in [6, 6.07) is 0. The average molecular weight is 229 g/mol. The largest absolute Gasteiger partial charge is 0.393 e. The topological polar surface area (TPSA) is 32.7 Å². The van der Waals surface area contributed by atoms with Crippen LogP contribution < -0.4 is 0 Å². The molecule has 3 nitrogen and oxygen atoms in total. The van der Waals surface area contributed by atoms with E-state index in [0.29, 0.717) is 0 Å². The molecule has 1 aliphatic heterocycles. The molecule has 0 aromatic carbocycles. The first-order valence-electron chi connectivity index (χ1n) is 6.25. The van der Waals surface area contributed by atoms with Crippen molar-refractivity contribution in [2.24, 2.45) is 5.41 Å². The minimum Gasteiger partial charge on any atom is -0.393 e. The van der Waals surface area contributed by atoms with Crippen molar-refractivity contribution in [1.82, 2.24) is 4.90 Å². The molecular weight excluding hydrogens is 202 g/mol. The summed E-state index contributed by atoms with van der Waals surface area (Å²) in [5, 5.41) is 9.99. The maximum absolute atomic E-state index is 9.99. The van der Waals surface area contributed by atoms with Crippen molar-refractivity contribution >= 4 is 0 Å². The van der Waals surface area contributed by atoms with Crippen molar-refractivity contribution in [3.63, 3.8) is 0 Å². The van der Waals surface area contributed by atoms with E-state index < -0.39 is 0 Å². The number of rotatable bonds is 3. The van der Waals surface area contributed by atoms with Gasteiger partial charge in [0.05, 0.1) is 18.3 Å². The van der Waals surface area contributed by atoms with Gasteiger partial charge in [0.25, 0.3) is 0 Å². The molecule has 1 rings (SSSR count). The summed E-state index contributed by atoms with van der Waals surface area (Å²) in [6.45, 7) is 14.2. The van der Waals surface area contributed by atoms with Gasteiger partial charge in [-0.05, 0) is 25.7 Å². The molecule has 0 aromatic rings. The van der Waals surface area contributed by atoms with Crippen LogP contribution in [0.2, 0.25) is 0 Å². The maximum Gasteiger partial charge on any atom is 0.0753 e. The van der Waals surface area contributed by atoms with Crippen LogP contribution >= 0.6 is 0 Å². The molecule has 1 heterocycles. The smallest absolute Gasteiger partial charge is 0.0753 e. The van der Waals surface area contributed by atoms with Gasteiger partial charge in [-0.15, -0.1) is 0 Å². The number of hydrogen-bond donors (Lipinski definition) is 1. The molecule has 3 heteroatoms. The Kier molecular flexibility index (Phi) is 4.38. The van der Waals surface area contributed by atoms with Crippen molar-refractivity contribution in [2.75, 3.05) is 26.2 Å². The van der Waals surface area contributed by atoms with E-state index in [-0.39, 0.29) is 17.1 Å². The number of aliphatic hydroxyl groups excluding tert-OH is 1. The molecule has 1 aliphatic rings. The maximum atomic E-state index is 9.99. The van der Waals surface area contributed by atoms with Crippen LogP contribution in [0.5, 0.6) is 0 Å². The molecule has 0 bridgehead atoms. The Hall–Kier alpha value is -0.120. The zero-order chi connectivity index (χ0) is 12.4. The predicted octanol–water partition coefficient (Wildman–Crippen LogP) is 1.89. The second kappa shape index (κ2) is 5.03. The van der Waals surface area contributed by atoms with Crippen LogP contribution in [-0.2, 0) is 4.74 Å². The molecule has 1 fully saturated rings. The van der Waals surface area contributed by atoms with E-state index in [1.54, 1.807) is 0 Å². The van der Waals surface area contributed by atoms with E-state index in [4.69, 9.17) is 4.74 Å². The van der Waals surface area contributed by atoms with Gasteiger partial charge in [-0.2, -0.15) is 0 Å². The quantitative estimate of drug-likeness (QED) is 0.802. The number of ether oxygens (including phenoxy) is 1. The van der Waals surface area contributed by atoms with Gasteiger partial charge >= 0.3 is 0 Å². The van der Waals surface area contributed by atoms with Crippen molar-refractivity contribution in [1.29, 1.82) is 0 Å². The lowest BCUT2D eigenvalue weighted by molar-refractivity contribution is -0.0894. The zero-order valence-corrected chi connectivity index (χ0v) is 11.4. The standard InChI is InChI=1S/C13H27NO2/c1-12(2,3)11(15)6-7-14-8-9-16-13(4,5)10-14/h11,15H,6-10H2,1-5H3. The monoisotopic (exact) mass is 229 g/mol. The Balaban J connectivity index is 2.33. The van der Waals surface area contributed by atoms with Crippen LogP contribution in [0.1, 0.15) is 41.0 Å². The summed E-state index contributed by atoms with van der Waals surface area (Å²) in [5.74, 6) is 0. The summed E-state index contributed by atoms with van der Waals surface area (Å²) in [7, 11) is 0. The van der Waals surface area contributed by atoms with Crippen LogP contribution in [0.3, 0.4) is 0 Å². The first kappa shape index (κ1) is 13.9. The third-order valence-corrected chi connectivity index (χ3v) is 3.22. The summed E-state index contributed by atoms with van der Waals surface area (Å²) in [6.07, 6.45) is 0.623. The Morgan fingerprint density at radius 3 is 2.50 bits per heavy atom. The number of nitrogens with zero attached hydrogens (tertiary/aromatic N) is 1. The molecule has 0 spiro atoms. The Labute approximate surface area is 99.8 Å². The minimum absolute atomic E-state index is 0.0121. The Bertz CT molecular complexity index is 220. The fraction of sp³-hybridized carbons (Fsp3) is 1.00. The SMILES string of the molecule is CC1(C)CN(CCC(O)C(C)(C)C)CCO1. The fourth-order valence-electron chi connectivity index (χ4n) is 2.04. The summed E-state index contributed by atoms with van der Waals surface area (Å²) in [5.41, 5.74) is -0.0489. The van der Waals surface area contributed by atoms with Crippen LogP contribution in [0.4, 0.5) is 0 Å². The number of hydrogen-bond acceptors (Lipinski definition) is 3. The van der Waals surface area contributed by atoms with Gasteiger partial charge in [-0.1, -0.05) is 20.8 Å². The molecule has 1 atom stereocenters. The third kappa shape index (κ3) is 4.40. The van der Waals surface area contributed by atoms with Gasteiger partial charge in [-0.3, -0.25) is 4.90 Å². The van der Waals surface area contributed by atoms with Gasteiger partial charge in [0.2, 0.25) is 0 Å². The highest BCUT2D eigenvalue weighted by Crippen LogP contribution is 2.23. The van der Waals surface area contributed by atoms with Gasteiger partial charge in [0.15, 0.2) is 0 Å². The predicted molar refractivity (Wildman–Crippen MR) is 66.5 cm³/mol. The van der Waals surface area contributed by atoms with Gasteiger partial charge < -0.3 is 9.84 Å². The van der Waals surface area contributed by atoms with E-state index in [2.05, 4.69) is 39.5 Å². The molecule has 1 unspecified atom stereocenters. The van der Waals surface area contributed by atoms with Crippen molar-refractivity contribution in [3.05, 3.63) is 0 Å². The Morgan fingerprint density at radius 1 is 1.38 bits per heavy atom. The molecule has 0 aliphatic carbocycles. The molecule has 0 radical (unpaired) electrons. The molecule has 0 aromatic heterocycles. The number of aliphatic hydroxyl groups is 1.